The molecule has 0 aromatic carbocycles. The average Bonchev–Trinajstić information content (AvgIpc) is 2.55. The van der Waals surface area contributed by atoms with Crippen molar-refractivity contribution in [1.29, 1.82) is 5.26 Å². The Bertz CT molecular complexity index is 486. The molecule has 2 unspecified atom stereocenters. The third-order valence-corrected chi connectivity index (χ3v) is 4.57. The van der Waals surface area contributed by atoms with E-state index >= 15 is 0 Å². The molecular formula is C17H32N4O4. The highest BCUT2D eigenvalue weighted by Gasteiger charge is 2.29. The number of nitrogens with zero attached hydrogens (tertiary/aromatic N) is 1. The fourth-order valence-corrected chi connectivity index (χ4v) is 2.37. The van der Waals surface area contributed by atoms with Crippen molar-refractivity contribution < 1.29 is 19.8 Å². The van der Waals surface area contributed by atoms with Gasteiger partial charge in [0.05, 0.1) is 12.2 Å². The smallest absolute Gasteiger partial charge is 0.239 e. The van der Waals surface area contributed by atoms with Gasteiger partial charge in [0.2, 0.25) is 11.8 Å². The molecule has 144 valence electrons. The zero-order chi connectivity index (χ0) is 19.7. The number of nitrogens with two attached hydrogens (primary N) is 1. The van der Waals surface area contributed by atoms with Crippen molar-refractivity contribution >= 4 is 11.8 Å². The van der Waals surface area contributed by atoms with Gasteiger partial charge in [0.15, 0.2) is 6.19 Å². The van der Waals surface area contributed by atoms with Crippen LogP contribution in [0.4, 0.5) is 0 Å². The third kappa shape index (κ3) is 8.82. The van der Waals surface area contributed by atoms with Crippen LogP contribution in [0, 0.1) is 22.3 Å². The maximum Gasteiger partial charge on any atom is 0.239 e. The highest BCUT2D eigenvalue weighted by atomic mass is 16.3. The van der Waals surface area contributed by atoms with Crippen LogP contribution >= 0.6 is 0 Å². The summed E-state index contributed by atoms with van der Waals surface area (Å²) in [6, 6.07) is 0. The molecule has 0 saturated heterocycles. The van der Waals surface area contributed by atoms with E-state index in [0.29, 0.717) is 38.5 Å². The fraction of sp³-hybridized carbons (Fsp3) is 0.824. The summed E-state index contributed by atoms with van der Waals surface area (Å²) >= 11 is 0. The number of hydrogen-bond acceptors (Lipinski definition) is 6. The van der Waals surface area contributed by atoms with Crippen molar-refractivity contribution in [2.75, 3.05) is 0 Å². The van der Waals surface area contributed by atoms with Gasteiger partial charge in [0.1, 0.15) is 0 Å². The normalized spacial score (nSPS) is 14.3. The number of nitrogens with one attached hydrogen (secondary N) is 2. The van der Waals surface area contributed by atoms with Gasteiger partial charge in [-0.2, -0.15) is 5.26 Å². The van der Waals surface area contributed by atoms with Gasteiger partial charge in [-0.15, -0.1) is 0 Å². The Morgan fingerprint density at radius 1 is 0.960 bits per heavy atom. The van der Waals surface area contributed by atoms with E-state index in [1.807, 2.05) is 0 Å². The number of hydrogen-bond donors (Lipinski definition) is 5. The first-order valence-electron chi connectivity index (χ1n) is 8.53. The Morgan fingerprint density at radius 3 is 1.72 bits per heavy atom. The van der Waals surface area contributed by atoms with E-state index < -0.39 is 23.0 Å². The number of rotatable bonds is 11. The number of aliphatic hydroxyl groups is 2. The molecule has 0 spiro atoms. The Balaban J connectivity index is 4.17. The zero-order valence-corrected chi connectivity index (χ0v) is 15.6. The van der Waals surface area contributed by atoms with E-state index in [-0.39, 0.29) is 11.8 Å². The number of hydrazine groups is 1. The number of aliphatic hydroxyl groups excluding tert-OH is 2. The summed E-state index contributed by atoms with van der Waals surface area (Å²) in [5.41, 5.74) is 0.713. The fourth-order valence-electron chi connectivity index (χ4n) is 2.37. The van der Waals surface area contributed by atoms with E-state index in [1.165, 1.54) is 0 Å². The molecule has 2 atom stereocenters. The van der Waals surface area contributed by atoms with Gasteiger partial charge in [0.25, 0.3) is 0 Å². The second kappa shape index (κ2) is 10.3. The van der Waals surface area contributed by atoms with E-state index in [4.69, 9.17) is 11.1 Å². The number of carbonyl (C=O) groups is 2. The SMILES string of the molecule is CC(C)(CCC(O)CCC(O)CCC(C)(C)C(=O)NC#N)C(=O)NN. The molecule has 8 nitrogen and oxygen atoms in total. The molecule has 0 heterocycles. The molecule has 0 aromatic rings. The number of amides is 2. The van der Waals surface area contributed by atoms with E-state index in [1.54, 1.807) is 33.9 Å². The second-order valence-corrected chi connectivity index (χ2v) is 7.77. The van der Waals surface area contributed by atoms with E-state index in [9.17, 15) is 19.8 Å². The maximum atomic E-state index is 11.7. The first-order chi connectivity index (χ1) is 11.5. The third-order valence-electron chi connectivity index (χ3n) is 4.57. The summed E-state index contributed by atoms with van der Waals surface area (Å²) in [6.45, 7) is 6.94. The average molecular weight is 356 g/mol. The molecule has 0 aromatic heterocycles. The molecule has 0 aliphatic carbocycles. The molecule has 25 heavy (non-hydrogen) atoms. The minimum absolute atomic E-state index is 0.280. The van der Waals surface area contributed by atoms with Gasteiger partial charge in [-0.3, -0.25) is 20.3 Å². The Hall–Kier alpha value is -1.69. The highest BCUT2D eigenvalue weighted by molar-refractivity contribution is 5.83. The van der Waals surface area contributed by atoms with Crippen molar-refractivity contribution in [3.63, 3.8) is 0 Å². The van der Waals surface area contributed by atoms with Gasteiger partial charge in [0, 0.05) is 10.8 Å². The van der Waals surface area contributed by atoms with Crippen LogP contribution in [-0.4, -0.2) is 34.2 Å². The summed E-state index contributed by atoms with van der Waals surface area (Å²) in [5.74, 6) is 4.48. The summed E-state index contributed by atoms with van der Waals surface area (Å²) in [5, 5.41) is 30.7. The molecule has 0 radical (unpaired) electrons. The van der Waals surface area contributed by atoms with Gasteiger partial charge in [-0.05, 0) is 38.5 Å². The predicted octanol–water partition coefficient (Wildman–Crippen LogP) is 0.688. The van der Waals surface area contributed by atoms with Crippen molar-refractivity contribution in [1.82, 2.24) is 10.7 Å². The first kappa shape index (κ1) is 23.3. The van der Waals surface area contributed by atoms with Crippen molar-refractivity contribution in [2.45, 2.75) is 78.4 Å². The Morgan fingerprint density at radius 2 is 1.36 bits per heavy atom. The number of nitriles is 1. The van der Waals surface area contributed by atoms with Crippen LogP contribution in [0.1, 0.15) is 66.2 Å². The second-order valence-electron chi connectivity index (χ2n) is 7.77. The van der Waals surface area contributed by atoms with Crippen molar-refractivity contribution in [2.24, 2.45) is 16.7 Å². The lowest BCUT2D eigenvalue weighted by Gasteiger charge is -2.25. The summed E-state index contributed by atoms with van der Waals surface area (Å²) in [6.07, 6.45) is 2.92. The standard InChI is InChI=1S/C17H32N4O4/c1-16(2,14(24)20-11-18)9-7-12(22)5-6-13(23)8-10-17(3,4)15(25)21-19/h12-13,22-23H,5-10,19H2,1-4H3,(H,20,24)(H,21,25). The zero-order valence-electron chi connectivity index (χ0n) is 15.6. The topological polar surface area (TPSA) is 148 Å². The largest absolute Gasteiger partial charge is 0.393 e. The molecule has 2 amide bonds. The molecule has 0 aliphatic rings. The lowest BCUT2D eigenvalue weighted by molar-refractivity contribution is -0.130. The summed E-state index contributed by atoms with van der Waals surface area (Å²) in [7, 11) is 0. The minimum atomic E-state index is -0.741. The number of carbonyl (C=O) groups excluding carboxylic acids is 2. The monoisotopic (exact) mass is 356 g/mol. The molecule has 8 heteroatoms. The van der Waals surface area contributed by atoms with Crippen LogP contribution in [0.25, 0.3) is 0 Å². The lowest BCUT2D eigenvalue weighted by Crippen LogP contribution is -2.41. The van der Waals surface area contributed by atoms with Gasteiger partial charge in [-0.25, -0.2) is 5.84 Å². The molecule has 0 saturated carbocycles. The lowest BCUT2D eigenvalue weighted by atomic mass is 9.84. The van der Waals surface area contributed by atoms with Gasteiger partial charge in [-0.1, -0.05) is 27.7 Å². The molecule has 0 fully saturated rings. The molecule has 6 N–H and O–H groups in total. The quantitative estimate of drug-likeness (QED) is 0.121. The van der Waals surface area contributed by atoms with Crippen LogP contribution in [0.5, 0.6) is 0 Å². The predicted molar refractivity (Wildman–Crippen MR) is 93.4 cm³/mol. The highest BCUT2D eigenvalue weighted by Crippen LogP contribution is 2.26. The Kier molecular flexibility index (Phi) is 9.64. The van der Waals surface area contributed by atoms with Crippen molar-refractivity contribution in [3.8, 4) is 6.19 Å². The van der Waals surface area contributed by atoms with Crippen LogP contribution in [-0.2, 0) is 9.59 Å². The molecule has 0 aliphatic heterocycles. The molecular weight excluding hydrogens is 324 g/mol. The van der Waals surface area contributed by atoms with Crippen molar-refractivity contribution in [3.05, 3.63) is 0 Å². The van der Waals surface area contributed by atoms with Gasteiger partial charge < -0.3 is 10.2 Å². The minimum Gasteiger partial charge on any atom is -0.393 e. The van der Waals surface area contributed by atoms with Crippen LogP contribution < -0.4 is 16.6 Å². The maximum absolute atomic E-state index is 11.7. The van der Waals surface area contributed by atoms with Crippen LogP contribution in [0.15, 0.2) is 0 Å². The van der Waals surface area contributed by atoms with Gasteiger partial charge >= 0.3 is 0 Å². The van der Waals surface area contributed by atoms with E-state index in [2.05, 4.69) is 10.7 Å². The summed E-state index contributed by atoms with van der Waals surface area (Å²) in [4.78, 5) is 23.3. The van der Waals surface area contributed by atoms with E-state index in [0.717, 1.165) is 0 Å². The molecule has 0 bridgehead atoms. The summed E-state index contributed by atoms with van der Waals surface area (Å²) < 4.78 is 0. The Labute approximate surface area is 149 Å². The van der Waals surface area contributed by atoms with Crippen LogP contribution in [0.3, 0.4) is 0 Å². The molecule has 0 rings (SSSR count). The van der Waals surface area contributed by atoms with Crippen LogP contribution in [0.2, 0.25) is 0 Å². The first-order valence-corrected chi connectivity index (χ1v) is 8.53.